The first-order valence-electron chi connectivity index (χ1n) is 6.84. The molecular weight excluding hydrogens is 274 g/mol. The van der Waals surface area contributed by atoms with Crippen molar-refractivity contribution in [3.05, 3.63) is 0 Å². The molecule has 0 atom stereocenters. The highest BCUT2D eigenvalue weighted by atomic mass is 28.4. The molecule has 0 N–H and O–H groups in total. The molecule has 0 aliphatic carbocycles. The number of hydrogen-bond acceptors (Lipinski definition) is 3. The van der Waals surface area contributed by atoms with E-state index in [2.05, 4.69) is 50.4 Å². The first kappa shape index (κ1) is 20.8. The van der Waals surface area contributed by atoms with Gasteiger partial charge in [0.25, 0.3) is 0 Å². The molecule has 0 rings (SSSR count). The first-order chi connectivity index (χ1) is 8.00. The van der Waals surface area contributed by atoms with E-state index in [1.165, 1.54) is 13.0 Å². The SMILES string of the molecule is CCCN([Si](C)(C)C)[Si](C)(C)C.CO[SiH](C)OC. The Morgan fingerprint density at radius 2 is 1.22 bits per heavy atom. The molecule has 18 heavy (non-hydrogen) atoms. The Hall–Kier alpha value is 0.531. The van der Waals surface area contributed by atoms with Gasteiger partial charge < -0.3 is 13.1 Å². The zero-order valence-electron chi connectivity index (χ0n) is 14.3. The molecule has 0 aromatic carbocycles. The number of hydrogen-bond donors (Lipinski definition) is 0. The van der Waals surface area contributed by atoms with Gasteiger partial charge in [-0.3, -0.25) is 0 Å². The van der Waals surface area contributed by atoms with Crippen molar-refractivity contribution in [2.24, 2.45) is 0 Å². The molecule has 6 heteroatoms. The molecule has 0 amide bonds. The monoisotopic (exact) mass is 309 g/mol. The van der Waals surface area contributed by atoms with Crippen LogP contribution in [-0.2, 0) is 8.85 Å². The summed E-state index contributed by atoms with van der Waals surface area (Å²) >= 11 is 0. The van der Waals surface area contributed by atoms with Crippen LogP contribution in [0.2, 0.25) is 45.8 Å². The third-order valence-corrected chi connectivity index (χ3v) is 11.8. The van der Waals surface area contributed by atoms with Crippen LogP contribution in [0.1, 0.15) is 13.3 Å². The van der Waals surface area contributed by atoms with Crippen molar-refractivity contribution < 1.29 is 8.85 Å². The topological polar surface area (TPSA) is 21.7 Å². The lowest BCUT2D eigenvalue weighted by molar-refractivity contribution is 0.285. The summed E-state index contributed by atoms with van der Waals surface area (Å²) in [5, 5.41) is 0. The second-order valence-electron chi connectivity index (χ2n) is 6.53. The Morgan fingerprint density at radius 3 is 1.28 bits per heavy atom. The van der Waals surface area contributed by atoms with Crippen LogP contribution in [0.4, 0.5) is 0 Å². The average Bonchev–Trinajstić information content (AvgIpc) is 2.22. The van der Waals surface area contributed by atoms with Gasteiger partial charge in [-0.1, -0.05) is 46.2 Å². The van der Waals surface area contributed by atoms with Crippen molar-refractivity contribution in [2.45, 2.75) is 59.2 Å². The van der Waals surface area contributed by atoms with Crippen molar-refractivity contribution >= 4 is 25.8 Å². The first-order valence-corrected chi connectivity index (χ1v) is 15.8. The number of rotatable bonds is 6. The van der Waals surface area contributed by atoms with Crippen LogP contribution in [0.3, 0.4) is 0 Å². The maximum absolute atomic E-state index is 4.82. The van der Waals surface area contributed by atoms with Gasteiger partial charge in [-0.2, -0.15) is 0 Å². The van der Waals surface area contributed by atoms with Crippen molar-refractivity contribution in [3.8, 4) is 0 Å². The molecule has 0 unspecified atom stereocenters. The molecule has 0 aromatic rings. The zero-order chi connectivity index (χ0) is 15.0. The highest BCUT2D eigenvalue weighted by Crippen LogP contribution is 2.19. The van der Waals surface area contributed by atoms with Crippen molar-refractivity contribution in [3.63, 3.8) is 0 Å². The summed E-state index contributed by atoms with van der Waals surface area (Å²) in [6.45, 7) is 20.3. The van der Waals surface area contributed by atoms with Crippen LogP contribution < -0.4 is 0 Å². The summed E-state index contributed by atoms with van der Waals surface area (Å²) in [5.41, 5.74) is 0. The Kier molecular flexibility index (Phi) is 10.9. The molecule has 112 valence electrons. The molecule has 0 saturated carbocycles. The molecule has 0 saturated heterocycles. The maximum Gasteiger partial charge on any atom is 0.317 e. The quantitative estimate of drug-likeness (QED) is 0.701. The largest absolute Gasteiger partial charge is 0.400 e. The van der Waals surface area contributed by atoms with Gasteiger partial charge in [-0.25, -0.2) is 0 Å². The molecule has 0 spiro atoms. The third-order valence-electron chi connectivity index (χ3n) is 2.73. The van der Waals surface area contributed by atoms with E-state index in [0.717, 1.165) is 0 Å². The number of nitrogens with zero attached hydrogens (tertiary/aromatic N) is 1. The maximum atomic E-state index is 4.82. The van der Waals surface area contributed by atoms with Gasteiger partial charge in [0, 0.05) is 14.2 Å². The summed E-state index contributed by atoms with van der Waals surface area (Å²) in [4.78, 5) is 0. The predicted octanol–water partition coefficient (Wildman–Crippen LogP) is 3.50. The fourth-order valence-corrected chi connectivity index (χ4v) is 12.0. The van der Waals surface area contributed by atoms with E-state index in [4.69, 9.17) is 8.85 Å². The van der Waals surface area contributed by atoms with E-state index in [1.54, 1.807) is 14.2 Å². The van der Waals surface area contributed by atoms with Crippen LogP contribution in [0.25, 0.3) is 0 Å². The van der Waals surface area contributed by atoms with E-state index < -0.39 is 25.8 Å². The molecule has 0 fully saturated rings. The zero-order valence-corrected chi connectivity index (χ0v) is 17.4. The molecule has 0 heterocycles. The minimum atomic E-state index is -1.16. The Morgan fingerprint density at radius 1 is 0.889 bits per heavy atom. The average molecular weight is 310 g/mol. The van der Waals surface area contributed by atoms with Gasteiger partial charge in [-0.15, -0.1) is 0 Å². The highest BCUT2D eigenvalue weighted by Gasteiger charge is 2.33. The lowest BCUT2D eigenvalue weighted by Gasteiger charge is -2.43. The lowest BCUT2D eigenvalue weighted by Crippen LogP contribution is -2.59. The highest BCUT2D eigenvalue weighted by molar-refractivity contribution is 6.89. The van der Waals surface area contributed by atoms with Gasteiger partial charge in [-0.05, 0) is 19.5 Å². The van der Waals surface area contributed by atoms with E-state index in [0.29, 0.717) is 0 Å². The molecular formula is C12H35NO2Si3. The summed E-state index contributed by atoms with van der Waals surface area (Å²) in [6, 6.07) is 0. The molecule has 0 aromatic heterocycles. The normalized spacial score (nSPS) is 12.7. The standard InChI is InChI=1S/C9H25NSi2.C3H10O2Si/c1-8-9-10(11(2,3)4)12(5,6)7;1-4-6(3)5-2/h8-9H2,1-7H3;6H,1-3H3. The van der Waals surface area contributed by atoms with Crippen LogP contribution >= 0.6 is 0 Å². The van der Waals surface area contributed by atoms with Crippen LogP contribution in [-0.4, -0.2) is 50.8 Å². The van der Waals surface area contributed by atoms with Crippen molar-refractivity contribution in [2.75, 3.05) is 20.8 Å². The molecule has 3 nitrogen and oxygen atoms in total. The van der Waals surface area contributed by atoms with Gasteiger partial charge in [0.2, 0.25) is 0 Å². The fraction of sp³-hybridized carbons (Fsp3) is 1.00. The van der Waals surface area contributed by atoms with Crippen molar-refractivity contribution in [1.29, 1.82) is 0 Å². The van der Waals surface area contributed by atoms with Gasteiger partial charge in [0.15, 0.2) is 0 Å². The predicted molar refractivity (Wildman–Crippen MR) is 90.7 cm³/mol. The van der Waals surface area contributed by atoms with Crippen LogP contribution in [0.5, 0.6) is 0 Å². The van der Waals surface area contributed by atoms with Crippen molar-refractivity contribution in [1.82, 2.24) is 4.23 Å². The Labute approximate surface area is 119 Å². The summed E-state index contributed by atoms with van der Waals surface area (Å²) < 4.78 is 12.5. The second-order valence-corrected chi connectivity index (χ2v) is 18.8. The summed E-state index contributed by atoms with van der Waals surface area (Å²) in [7, 11) is 0.0777. The minimum absolute atomic E-state index is 1.05. The summed E-state index contributed by atoms with van der Waals surface area (Å²) in [6.07, 6.45) is 1.30. The third kappa shape index (κ3) is 10.5. The summed E-state index contributed by atoms with van der Waals surface area (Å²) in [5.74, 6) is 0. The molecule has 0 bridgehead atoms. The van der Waals surface area contributed by atoms with Gasteiger partial charge >= 0.3 is 9.28 Å². The van der Waals surface area contributed by atoms with E-state index in [9.17, 15) is 0 Å². The fourth-order valence-electron chi connectivity index (χ4n) is 2.00. The van der Waals surface area contributed by atoms with Gasteiger partial charge in [0.05, 0.1) is 0 Å². The second kappa shape index (κ2) is 9.44. The van der Waals surface area contributed by atoms with E-state index in [1.807, 2.05) is 6.55 Å². The van der Waals surface area contributed by atoms with E-state index >= 15 is 0 Å². The lowest BCUT2D eigenvalue weighted by atomic mass is 10.5. The Bertz CT molecular complexity index is 184. The van der Waals surface area contributed by atoms with Crippen LogP contribution in [0, 0.1) is 0 Å². The molecule has 0 radical (unpaired) electrons. The Balaban J connectivity index is 0. The molecule has 0 aliphatic heterocycles. The van der Waals surface area contributed by atoms with Gasteiger partial charge in [0.1, 0.15) is 16.5 Å². The van der Waals surface area contributed by atoms with Crippen LogP contribution in [0.15, 0.2) is 0 Å². The van der Waals surface area contributed by atoms with E-state index in [-0.39, 0.29) is 0 Å². The minimum Gasteiger partial charge on any atom is -0.400 e. The smallest absolute Gasteiger partial charge is 0.317 e. The molecule has 0 aliphatic rings.